The highest BCUT2D eigenvalue weighted by Crippen LogP contribution is 2.31. The van der Waals surface area contributed by atoms with Crippen LogP contribution in [0.25, 0.3) is 0 Å². The molecule has 2 aliphatic rings. The summed E-state index contributed by atoms with van der Waals surface area (Å²) >= 11 is 0. The van der Waals surface area contributed by atoms with E-state index in [1.54, 1.807) is 0 Å². The molecule has 1 aromatic rings. The number of rotatable bonds is 5. The van der Waals surface area contributed by atoms with E-state index in [1.165, 1.54) is 0 Å². The van der Waals surface area contributed by atoms with Crippen LogP contribution in [-0.4, -0.2) is 53.8 Å². The summed E-state index contributed by atoms with van der Waals surface area (Å²) in [5, 5.41) is 13.6. The molecule has 1 aromatic carbocycles. The zero-order valence-electron chi connectivity index (χ0n) is 14.6. The van der Waals surface area contributed by atoms with Gasteiger partial charge in [-0.15, -0.1) is 0 Å². The third-order valence-corrected chi connectivity index (χ3v) is 5.73. The number of hydrogen-bond acceptors (Lipinski definition) is 4. The smallest absolute Gasteiger partial charge is 0.240 e. The molecule has 1 aliphatic heterocycles. The molecule has 1 aliphatic carbocycles. The predicted octanol–water partition coefficient (Wildman–Crippen LogP) is 1.81. The molecular formula is C19H28N2O3. The Kier molecular flexibility index (Phi) is 5.11. The van der Waals surface area contributed by atoms with Gasteiger partial charge in [0.05, 0.1) is 11.6 Å². The van der Waals surface area contributed by atoms with Crippen molar-refractivity contribution in [1.29, 1.82) is 0 Å². The van der Waals surface area contributed by atoms with Crippen molar-refractivity contribution in [2.24, 2.45) is 5.92 Å². The van der Waals surface area contributed by atoms with E-state index in [2.05, 4.69) is 10.2 Å². The Balaban J connectivity index is 1.51. The van der Waals surface area contributed by atoms with Crippen molar-refractivity contribution in [1.82, 2.24) is 10.2 Å². The molecule has 0 radical (unpaired) electrons. The minimum absolute atomic E-state index is 0.0537. The van der Waals surface area contributed by atoms with Gasteiger partial charge in [0.1, 0.15) is 11.9 Å². The van der Waals surface area contributed by atoms with Gasteiger partial charge in [-0.05, 0) is 58.3 Å². The van der Waals surface area contributed by atoms with Gasteiger partial charge in [0.15, 0.2) is 0 Å². The third kappa shape index (κ3) is 3.42. The molecule has 1 amide bonds. The third-order valence-electron chi connectivity index (χ3n) is 5.73. The van der Waals surface area contributed by atoms with Gasteiger partial charge in [-0.3, -0.25) is 9.69 Å². The van der Waals surface area contributed by atoms with Crippen LogP contribution in [0, 0.1) is 5.92 Å². The molecule has 0 aromatic heterocycles. The SMILES string of the molecule is CN1CCC[C@]1(C)C(=O)NC[C@H]1CC[C@@H](Oc2ccccc2)[C@@H]1O. The van der Waals surface area contributed by atoms with Gasteiger partial charge >= 0.3 is 0 Å². The first kappa shape index (κ1) is 17.2. The van der Waals surface area contributed by atoms with Crippen molar-refractivity contribution in [2.75, 3.05) is 20.1 Å². The van der Waals surface area contributed by atoms with Crippen LogP contribution in [0.2, 0.25) is 0 Å². The van der Waals surface area contributed by atoms with Crippen LogP contribution < -0.4 is 10.1 Å². The maximum atomic E-state index is 12.5. The van der Waals surface area contributed by atoms with E-state index < -0.39 is 11.6 Å². The van der Waals surface area contributed by atoms with Crippen LogP contribution in [0.5, 0.6) is 5.75 Å². The van der Waals surface area contributed by atoms with Crippen LogP contribution in [0.1, 0.15) is 32.6 Å². The summed E-state index contributed by atoms with van der Waals surface area (Å²) in [7, 11) is 2.00. The first-order valence-electron chi connectivity index (χ1n) is 8.90. The normalized spacial score (nSPS) is 33.5. The maximum Gasteiger partial charge on any atom is 0.240 e. The van der Waals surface area contributed by atoms with Crippen molar-refractivity contribution in [3.8, 4) is 5.75 Å². The first-order chi connectivity index (χ1) is 11.5. The fourth-order valence-corrected chi connectivity index (χ4v) is 3.85. The largest absolute Gasteiger partial charge is 0.488 e. The Bertz CT molecular complexity index is 565. The Hall–Kier alpha value is -1.59. The molecule has 4 atom stereocenters. The van der Waals surface area contributed by atoms with E-state index in [4.69, 9.17) is 4.74 Å². The Morgan fingerprint density at radius 1 is 1.38 bits per heavy atom. The molecule has 3 rings (SSSR count). The zero-order chi connectivity index (χ0) is 17.2. The lowest BCUT2D eigenvalue weighted by molar-refractivity contribution is -0.130. The molecular weight excluding hydrogens is 304 g/mol. The van der Waals surface area contributed by atoms with Gasteiger partial charge < -0.3 is 15.2 Å². The van der Waals surface area contributed by atoms with Gasteiger partial charge in [-0.1, -0.05) is 18.2 Å². The van der Waals surface area contributed by atoms with Gasteiger partial charge in [-0.2, -0.15) is 0 Å². The standard InChI is InChI=1S/C19H28N2O3/c1-19(11-6-12-21(19)2)18(23)20-13-14-9-10-16(17(14)22)24-15-7-4-3-5-8-15/h3-5,7-8,14,16-17,22H,6,9-13H2,1-2H3,(H,20,23)/t14-,16-,17-,19-/m1/s1. The molecule has 0 spiro atoms. The number of likely N-dealkylation sites (tertiary alicyclic amines) is 1. The summed E-state index contributed by atoms with van der Waals surface area (Å²) in [6, 6.07) is 9.59. The van der Waals surface area contributed by atoms with Gasteiger partial charge in [0.25, 0.3) is 0 Å². The number of hydrogen-bond donors (Lipinski definition) is 2. The van der Waals surface area contributed by atoms with Crippen LogP contribution in [-0.2, 0) is 4.79 Å². The van der Waals surface area contributed by atoms with E-state index >= 15 is 0 Å². The number of aliphatic hydroxyl groups excluding tert-OH is 1. The number of amides is 1. The van der Waals surface area contributed by atoms with Crippen molar-refractivity contribution in [3.63, 3.8) is 0 Å². The average Bonchev–Trinajstić information content (AvgIpc) is 3.11. The number of ether oxygens (including phenoxy) is 1. The minimum atomic E-state index is -0.542. The maximum absolute atomic E-state index is 12.5. The molecule has 0 unspecified atom stereocenters. The number of nitrogens with zero attached hydrogens (tertiary/aromatic N) is 1. The second-order valence-electron chi connectivity index (χ2n) is 7.31. The molecule has 2 N–H and O–H groups in total. The van der Waals surface area contributed by atoms with Crippen molar-refractivity contribution >= 4 is 5.91 Å². The van der Waals surface area contributed by atoms with E-state index in [0.29, 0.717) is 6.54 Å². The number of aliphatic hydroxyl groups is 1. The van der Waals surface area contributed by atoms with E-state index in [0.717, 1.165) is 38.0 Å². The Morgan fingerprint density at radius 2 is 2.12 bits per heavy atom. The number of carbonyl (C=O) groups excluding carboxylic acids is 1. The quantitative estimate of drug-likeness (QED) is 0.863. The number of carbonyl (C=O) groups is 1. The molecule has 1 heterocycles. The molecule has 5 nitrogen and oxygen atoms in total. The van der Waals surface area contributed by atoms with Gasteiger partial charge in [0, 0.05) is 12.5 Å². The molecule has 0 bridgehead atoms. The van der Waals surface area contributed by atoms with Crippen molar-refractivity contribution in [3.05, 3.63) is 30.3 Å². The highest BCUT2D eigenvalue weighted by Gasteiger charge is 2.42. The zero-order valence-corrected chi connectivity index (χ0v) is 14.6. The lowest BCUT2D eigenvalue weighted by Gasteiger charge is -2.31. The van der Waals surface area contributed by atoms with Crippen LogP contribution in [0.3, 0.4) is 0 Å². The second kappa shape index (κ2) is 7.11. The summed E-state index contributed by atoms with van der Waals surface area (Å²) in [6.45, 7) is 3.47. The van der Waals surface area contributed by atoms with E-state index in [1.807, 2.05) is 44.3 Å². The highest BCUT2D eigenvalue weighted by atomic mass is 16.5. The summed E-state index contributed by atoms with van der Waals surface area (Å²) in [6.07, 6.45) is 2.89. The fourth-order valence-electron chi connectivity index (χ4n) is 3.85. The second-order valence-corrected chi connectivity index (χ2v) is 7.31. The van der Waals surface area contributed by atoms with Crippen LogP contribution in [0.15, 0.2) is 30.3 Å². The topological polar surface area (TPSA) is 61.8 Å². The monoisotopic (exact) mass is 332 g/mol. The molecule has 24 heavy (non-hydrogen) atoms. The Labute approximate surface area is 144 Å². The van der Waals surface area contributed by atoms with Crippen LogP contribution in [0.4, 0.5) is 0 Å². The number of benzene rings is 1. The summed E-state index contributed by atoms with van der Waals surface area (Å²) in [5.74, 6) is 0.909. The molecule has 5 heteroatoms. The number of likely N-dealkylation sites (N-methyl/N-ethyl adjacent to an activating group) is 1. The van der Waals surface area contributed by atoms with Crippen LogP contribution >= 0.6 is 0 Å². The predicted molar refractivity (Wildman–Crippen MR) is 92.9 cm³/mol. The molecule has 1 saturated heterocycles. The average molecular weight is 332 g/mol. The summed E-state index contributed by atoms with van der Waals surface area (Å²) in [5.41, 5.74) is -0.413. The fraction of sp³-hybridized carbons (Fsp3) is 0.632. The molecule has 132 valence electrons. The summed E-state index contributed by atoms with van der Waals surface area (Å²) in [4.78, 5) is 14.7. The number of nitrogens with one attached hydrogen (secondary N) is 1. The van der Waals surface area contributed by atoms with Gasteiger partial charge in [0.2, 0.25) is 5.91 Å². The lowest BCUT2D eigenvalue weighted by Crippen LogP contribution is -2.53. The summed E-state index contributed by atoms with van der Waals surface area (Å²) < 4.78 is 5.89. The molecule has 2 fully saturated rings. The van der Waals surface area contributed by atoms with Gasteiger partial charge in [-0.25, -0.2) is 0 Å². The van der Waals surface area contributed by atoms with Crippen molar-refractivity contribution < 1.29 is 14.6 Å². The highest BCUT2D eigenvalue weighted by molar-refractivity contribution is 5.86. The first-order valence-corrected chi connectivity index (χ1v) is 8.90. The van der Waals surface area contributed by atoms with Crippen molar-refractivity contribution in [2.45, 2.75) is 50.4 Å². The Morgan fingerprint density at radius 3 is 2.79 bits per heavy atom. The minimum Gasteiger partial charge on any atom is -0.488 e. The van der Waals surface area contributed by atoms with E-state index in [-0.39, 0.29) is 17.9 Å². The van der Waals surface area contributed by atoms with E-state index in [9.17, 15) is 9.90 Å². The number of para-hydroxylation sites is 1. The lowest BCUT2D eigenvalue weighted by atomic mass is 9.97. The molecule has 1 saturated carbocycles.